The zero-order valence-corrected chi connectivity index (χ0v) is 12.4. The van der Waals surface area contributed by atoms with Crippen LogP contribution in [0.5, 0.6) is 0 Å². The smallest absolute Gasteiger partial charge is 0.237 e. The van der Waals surface area contributed by atoms with Crippen molar-refractivity contribution < 1.29 is 9.21 Å². The maximum atomic E-state index is 12.3. The van der Waals surface area contributed by atoms with Gasteiger partial charge in [-0.1, -0.05) is 19.3 Å². The Bertz CT molecular complexity index is 468. The molecule has 4 nitrogen and oxygen atoms in total. The van der Waals surface area contributed by atoms with Crippen LogP contribution in [0, 0.1) is 0 Å². The third-order valence-corrected chi connectivity index (χ3v) is 4.56. The van der Waals surface area contributed by atoms with Crippen LogP contribution in [0.2, 0.25) is 5.22 Å². The van der Waals surface area contributed by atoms with Crippen molar-refractivity contribution in [3.05, 3.63) is 23.1 Å². The average molecular weight is 297 g/mol. The first-order chi connectivity index (χ1) is 9.72. The number of rotatable bonds is 3. The summed E-state index contributed by atoms with van der Waals surface area (Å²) in [5.74, 6) is 1.09. The molecule has 110 valence electrons. The Balaban J connectivity index is 1.55. The molecule has 0 spiro atoms. The second-order valence-electron chi connectivity index (χ2n) is 5.80. The lowest BCUT2D eigenvalue weighted by molar-refractivity contribution is -0.139. The first kappa shape index (κ1) is 14.0. The number of furan rings is 1. The molecule has 20 heavy (non-hydrogen) atoms. The number of nitrogens with zero attached hydrogens (tertiary/aromatic N) is 2. The normalized spacial score (nSPS) is 22.4. The van der Waals surface area contributed by atoms with Crippen molar-refractivity contribution >= 4 is 17.5 Å². The summed E-state index contributed by atoms with van der Waals surface area (Å²) in [6.07, 6.45) is 6.22. The SMILES string of the molecule is O=C1CN(Cc2ccc(Cl)o2)CCN1C1CCCCC1. The van der Waals surface area contributed by atoms with Crippen molar-refractivity contribution in [3.8, 4) is 0 Å². The van der Waals surface area contributed by atoms with Crippen molar-refractivity contribution in [2.75, 3.05) is 19.6 Å². The summed E-state index contributed by atoms with van der Waals surface area (Å²) < 4.78 is 5.36. The topological polar surface area (TPSA) is 36.7 Å². The molecule has 5 heteroatoms. The minimum absolute atomic E-state index is 0.265. The molecular formula is C15H21ClN2O2. The van der Waals surface area contributed by atoms with Crippen molar-refractivity contribution in [2.45, 2.75) is 44.7 Å². The van der Waals surface area contributed by atoms with Crippen LogP contribution in [-0.2, 0) is 11.3 Å². The molecule has 1 saturated carbocycles. The molecule has 1 saturated heterocycles. The van der Waals surface area contributed by atoms with Crippen LogP contribution in [0.4, 0.5) is 0 Å². The van der Waals surface area contributed by atoms with Gasteiger partial charge in [0.05, 0.1) is 13.1 Å². The van der Waals surface area contributed by atoms with Crippen LogP contribution in [0.1, 0.15) is 37.9 Å². The number of carbonyl (C=O) groups is 1. The Hall–Kier alpha value is -1.00. The van der Waals surface area contributed by atoms with Crippen LogP contribution in [0.25, 0.3) is 0 Å². The van der Waals surface area contributed by atoms with Gasteiger partial charge in [-0.2, -0.15) is 0 Å². The molecule has 0 N–H and O–H groups in total. The van der Waals surface area contributed by atoms with Gasteiger partial charge in [-0.05, 0) is 36.6 Å². The number of amides is 1. The molecule has 1 aromatic heterocycles. The largest absolute Gasteiger partial charge is 0.448 e. The highest BCUT2D eigenvalue weighted by molar-refractivity contribution is 6.28. The van der Waals surface area contributed by atoms with Gasteiger partial charge in [0.2, 0.25) is 5.91 Å². The first-order valence-corrected chi connectivity index (χ1v) is 7.86. The number of hydrogen-bond donors (Lipinski definition) is 0. The highest BCUT2D eigenvalue weighted by Gasteiger charge is 2.30. The summed E-state index contributed by atoms with van der Waals surface area (Å²) in [6.45, 7) is 2.92. The van der Waals surface area contributed by atoms with Gasteiger partial charge >= 0.3 is 0 Å². The highest BCUT2D eigenvalue weighted by Crippen LogP contribution is 2.24. The minimum Gasteiger partial charge on any atom is -0.448 e. The summed E-state index contributed by atoms with van der Waals surface area (Å²) in [4.78, 5) is 16.6. The summed E-state index contributed by atoms with van der Waals surface area (Å²) in [7, 11) is 0. The summed E-state index contributed by atoms with van der Waals surface area (Å²) >= 11 is 5.77. The molecule has 2 aliphatic rings. The van der Waals surface area contributed by atoms with Crippen molar-refractivity contribution in [3.63, 3.8) is 0 Å². The molecular weight excluding hydrogens is 276 g/mol. The minimum atomic E-state index is 0.265. The highest BCUT2D eigenvalue weighted by atomic mass is 35.5. The van der Waals surface area contributed by atoms with Crippen molar-refractivity contribution in [1.82, 2.24) is 9.80 Å². The molecule has 0 bridgehead atoms. The Morgan fingerprint density at radius 2 is 2.00 bits per heavy atom. The van der Waals surface area contributed by atoms with E-state index in [1.165, 1.54) is 32.1 Å². The van der Waals surface area contributed by atoms with E-state index in [0.29, 0.717) is 24.4 Å². The van der Waals surface area contributed by atoms with Gasteiger partial charge in [0.15, 0.2) is 5.22 Å². The molecule has 0 aromatic carbocycles. The van der Waals surface area contributed by atoms with Gasteiger partial charge in [0.25, 0.3) is 0 Å². The Morgan fingerprint density at radius 3 is 2.65 bits per heavy atom. The molecule has 0 unspecified atom stereocenters. The lowest BCUT2D eigenvalue weighted by Gasteiger charge is -2.40. The van der Waals surface area contributed by atoms with E-state index in [2.05, 4.69) is 9.80 Å². The van der Waals surface area contributed by atoms with Gasteiger partial charge in [0, 0.05) is 19.1 Å². The Kier molecular flexibility index (Phi) is 4.32. The summed E-state index contributed by atoms with van der Waals surface area (Å²) in [6, 6.07) is 4.11. The van der Waals surface area contributed by atoms with E-state index < -0.39 is 0 Å². The van der Waals surface area contributed by atoms with E-state index in [9.17, 15) is 4.79 Å². The molecule has 1 aliphatic carbocycles. The third kappa shape index (κ3) is 3.18. The van der Waals surface area contributed by atoms with Crippen LogP contribution in [0.15, 0.2) is 16.5 Å². The predicted octanol–water partition coefficient (Wildman–Crippen LogP) is 2.91. The van der Waals surface area contributed by atoms with Crippen molar-refractivity contribution in [2.24, 2.45) is 0 Å². The van der Waals surface area contributed by atoms with Gasteiger partial charge in [0.1, 0.15) is 5.76 Å². The van der Waals surface area contributed by atoms with Gasteiger partial charge < -0.3 is 9.32 Å². The number of hydrogen-bond acceptors (Lipinski definition) is 3. The molecule has 0 radical (unpaired) electrons. The van der Waals surface area contributed by atoms with Crippen LogP contribution in [0.3, 0.4) is 0 Å². The van der Waals surface area contributed by atoms with Crippen LogP contribution >= 0.6 is 11.6 Å². The maximum absolute atomic E-state index is 12.3. The van der Waals surface area contributed by atoms with E-state index in [0.717, 1.165) is 18.8 Å². The van der Waals surface area contributed by atoms with E-state index in [1.807, 2.05) is 6.07 Å². The van der Waals surface area contributed by atoms with Gasteiger partial charge in [-0.15, -0.1) is 0 Å². The molecule has 0 atom stereocenters. The molecule has 2 fully saturated rings. The second-order valence-corrected chi connectivity index (χ2v) is 6.17. The zero-order valence-electron chi connectivity index (χ0n) is 11.7. The molecule has 1 amide bonds. The number of halogens is 1. The monoisotopic (exact) mass is 296 g/mol. The standard InChI is InChI=1S/C15H21ClN2O2/c16-14-7-6-13(20-14)10-17-8-9-18(15(19)11-17)12-4-2-1-3-5-12/h6-7,12H,1-5,8-11H2. The quantitative estimate of drug-likeness (QED) is 0.860. The molecule has 2 heterocycles. The first-order valence-electron chi connectivity index (χ1n) is 7.48. The van der Waals surface area contributed by atoms with E-state index in [1.54, 1.807) is 6.07 Å². The Labute approximate surface area is 124 Å². The number of carbonyl (C=O) groups excluding carboxylic acids is 1. The van der Waals surface area contributed by atoms with Crippen LogP contribution < -0.4 is 0 Å². The van der Waals surface area contributed by atoms with Gasteiger partial charge in [-0.25, -0.2) is 0 Å². The van der Waals surface area contributed by atoms with Gasteiger partial charge in [-0.3, -0.25) is 9.69 Å². The molecule has 1 aliphatic heterocycles. The Morgan fingerprint density at radius 1 is 1.20 bits per heavy atom. The predicted molar refractivity (Wildman–Crippen MR) is 77.6 cm³/mol. The molecule has 1 aromatic rings. The summed E-state index contributed by atoms with van der Waals surface area (Å²) in [5, 5.41) is 0.409. The van der Waals surface area contributed by atoms with Crippen LogP contribution in [-0.4, -0.2) is 41.4 Å². The molecule has 3 rings (SSSR count). The van der Waals surface area contributed by atoms with E-state index in [4.69, 9.17) is 16.0 Å². The second kappa shape index (κ2) is 6.19. The fraction of sp³-hybridized carbons (Fsp3) is 0.667. The maximum Gasteiger partial charge on any atom is 0.237 e. The fourth-order valence-electron chi connectivity index (χ4n) is 3.31. The number of piperazine rings is 1. The lowest BCUT2D eigenvalue weighted by atomic mass is 9.93. The van der Waals surface area contributed by atoms with E-state index >= 15 is 0 Å². The fourth-order valence-corrected chi connectivity index (χ4v) is 3.47. The summed E-state index contributed by atoms with van der Waals surface area (Å²) in [5.41, 5.74) is 0. The van der Waals surface area contributed by atoms with Crippen molar-refractivity contribution in [1.29, 1.82) is 0 Å². The third-order valence-electron chi connectivity index (χ3n) is 4.36. The average Bonchev–Trinajstić information content (AvgIpc) is 2.85. The van der Waals surface area contributed by atoms with E-state index in [-0.39, 0.29) is 5.91 Å². The lowest BCUT2D eigenvalue weighted by Crippen LogP contribution is -2.54. The zero-order chi connectivity index (χ0) is 13.9.